The fourth-order valence-corrected chi connectivity index (χ4v) is 4.71. The Bertz CT molecular complexity index is 1060. The summed E-state index contributed by atoms with van der Waals surface area (Å²) in [6.07, 6.45) is 2.40. The van der Waals surface area contributed by atoms with E-state index in [0.29, 0.717) is 5.92 Å². The van der Waals surface area contributed by atoms with E-state index in [1.54, 1.807) is 23.1 Å². The van der Waals surface area contributed by atoms with Gasteiger partial charge in [-0.25, -0.2) is 4.98 Å². The van der Waals surface area contributed by atoms with Gasteiger partial charge in [0.05, 0.1) is 5.69 Å². The molecule has 136 valence electrons. The van der Waals surface area contributed by atoms with Gasteiger partial charge < -0.3 is 4.42 Å². The molecule has 1 aliphatic rings. The summed E-state index contributed by atoms with van der Waals surface area (Å²) in [4.78, 5) is 4.71. The zero-order valence-electron chi connectivity index (χ0n) is 14.8. The van der Waals surface area contributed by atoms with Crippen LogP contribution in [0.4, 0.5) is 0 Å². The van der Waals surface area contributed by atoms with Gasteiger partial charge in [0.1, 0.15) is 11.6 Å². The molecule has 1 aliphatic carbocycles. The van der Waals surface area contributed by atoms with Crippen molar-refractivity contribution in [2.75, 3.05) is 0 Å². The topological polar surface area (TPSA) is 56.7 Å². The molecular weight excluding hydrogens is 376 g/mol. The molecule has 4 aromatic rings. The SMILES string of the molecule is Cc1ccc(-c2nc(CSc3nnc(C4CC4)n3-c3ccccc3)cs2)o1. The van der Waals surface area contributed by atoms with Crippen LogP contribution in [-0.2, 0) is 5.75 Å². The third-order valence-corrected chi connectivity index (χ3v) is 6.34. The van der Waals surface area contributed by atoms with Crippen LogP contribution in [0, 0.1) is 6.92 Å². The van der Waals surface area contributed by atoms with E-state index in [9.17, 15) is 0 Å². The van der Waals surface area contributed by atoms with E-state index in [1.807, 2.05) is 25.1 Å². The lowest BCUT2D eigenvalue weighted by atomic mass is 10.3. The van der Waals surface area contributed by atoms with Crippen LogP contribution in [0.2, 0.25) is 0 Å². The molecule has 0 N–H and O–H groups in total. The summed E-state index contributed by atoms with van der Waals surface area (Å²) in [5.74, 6) is 4.11. The van der Waals surface area contributed by atoms with Gasteiger partial charge in [0, 0.05) is 22.7 Å². The van der Waals surface area contributed by atoms with Gasteiger partial charge in [-0.1, -0.05) is 30.0 Å². The van der Waals surface area contributed by atoms with E-state index in [2.05, 4.69) is 44.4 Å². The number of hydrogen-bond acceptors (Lipinski definition) is 6. The molecule has 0 spiro atoms. The van der Waals surface area contributed by atoms with Crippen molar-refractivity contribution in [1.29, 1.82) is 0 Å². The van der Waals surface area contributed by atoms with Crippen molar-refractivity contribution in [3.63, 3.8) is 0 Å². The van der Waals surface area contributed by atoms with Gasteiger partial charge in [-0.2, -0.15) is 0 Å². The minimum Gasteiger partial charge on any atom is -0.459 e. The Hall–Kier alpha value is -2.38. The monoisotopic (exact) mass is 394 g/mol. The molecular formula is C20H18N4OS2. The van der Waals surface area contributed by atoms with Gasteiger partial charge in [0.2, 0.25) is 0 Å². The second kappa shape index (κ2) is 6.98. The van der Waals surface area contributed by atoms with Crippen LogP contribution in [-0.4, -0.2) is 19.7 Å². The van der Waals surface area contributed by atoms with Crippen molar-refractivity contribution in [3.05, 3.63) is 65.1 Å². The van der Waals surface area contributed by atoms with Gasteiger partial charge >= 0.3 is 0 Å². The number of furan rings is 1. The highest BCUT2D eigenvalue weighted by molar-refractivity contribution is 7.98. The average Bonchev–Trinajstić information content (AvgIpc) is 3.08. The van der Waals surface area contributed by atoms with E-state index >= 15 is 0 Å². The molecule has 0 atom stereocenters. The Balaban J connectivity index is 1.38. The number of nitrogens with zero attached hydrogens (tertiary/aromatic N) is 4. The van der Waals surface area contributed by atoms with Gasteiger partial charge in [-0.3, -0.25) is 4.57 Å². The van der Waals surface area contributed by atoms with Crippen LogP contribution in [0.5, 0.6) is 0 Å². The third kappa shape index (κ3) is 3.44. The molecule has 3 aromatic heterocycles. The number of thioether (sulfide) groups is 1. The van der Waals surface area contributed by atoms with E-state index < -0.39 is 0 Å². The molecule has 5 nitrogen and oxygen atoms in total. The highest BCUT2D eigenvalue weighted by atomic mass is 32.2. The Kier molecular flexibility index (Phi) is 4.33. The van der Waals surface area contributed by atoms with Crippen LogP contribution in [0.15, 0.2) is 57.4 Å². The maximum absolute atomic E-state index is 5.67. The smallest absolute Gasteiger partial charge is 0.196 e. The Labute approximate surface area is 165 Å². The van der Waals surface area contributed by atoms with Crippen LogP contribution >= 0.6 is 23.1 Å². The summed E-state index contributed by atoms with van der Waals surface area (Å²) in [6, 6.07) is 14.3. The summed E-state index contributed by atoms with van der Waals surface area (Å²) in [5.41, 5.74) is 2.15. The maximum Gasteiger partial charge on any atom is 0.196 e. The normalized spacial score (nSPS) is 14.0. The molecule has 5 rings (SSSR count). The number of aromatic nitrogens is 4. The standard InChI is InChI=1S/C20H18N4OS2/c1-13-7-10-17(25-13)19-21-15(11-26-19)12-27-20-23-22-18(14-8-9-14)24(20)16-5-3-2-4-6-16/h2-7,10-11,14H,8-9,12H2,1H3. The minimum atomic E-state index is 0.542. The first-order chi connectivity index (χ1) is 13.3. The second-order valence-corrected chi connectivity index (χ2v) is 8.43. The molecule has 0 amide bonds. The molecule has 0 bridgehead atoms. The quantitative estimate of drug-likeness (QED) is 0.406. The lowest BCUT2D eigenvalue weighted by molar-refractivity contribution is 0.548. The predicted octanol–water partition coefficient (Wildman–Crippen LogP) is 5.46. The number of rotatable bonds is 6. The first kappa shape index (κ1) is 16.8. The van der Waals surface area contributed by atoms with Crippen molar-refractivity contribution < 1.29 is 4.42 Å². The largest absolute Gasteiger partial charge is 0.459 e. The van der Waals surface area contributed by atoms with E-state index in [4.69, 9.17) is 9.40 Å². The molecule has 3 heterocycles. The van der Waals surface area contributed by atoms with Gasteiger partial charge in [0.15, 0.2) is 15.9 Å². The average molecular weight is 395 g/mol. The van der Waals surface area contributed by atoms with Gasteiger partial charge in [-0.15, -0.1) is 21.5 Å². The zero-order chi connectivity index (χ0) is 18.2. The van der Waals surface area contributed by atoms with Crippen molar-refractivity contribution >= 4 is 23.1 Å². The fourth-order valence-electron chi connectivity index (χ4n) is 2.97. The van der Waals surface area contributed by atoms with Crippen molar-refractivity contribution in [2.24, 2.45) is 0 Å². The number of aryl methyl sites for hydroxylation is 1. The Morgan fingerprint density at radius 2 is 2.00 bits per heavy atom. The highest BCUT2D eigenvalue weighted by Gasteiger charge is 2.31. The summed E-state index contributed by atoms with van der Waals surface area (Å²) in [5, 5.41) is 12.9. The predicted molar refractivity (Wildman–Crippen MR) is 107 cm³/mol. The van der Waals surface area contributed by atoms with Crippen LogP contribution in [0.25, 0.3) is 16.5 Å². The molecule has 0 unspecified atom stereocenters. The van der Waals surface area contributed by atoms with Crippen molar-refractivity contribution in [1.82, 2.24) is 19.7 Å². The molecule has 1 aromatic carbocycles. The molecule has 7 heteroatoms. The summed E-state index contributed by atoms with van der Waals surface area (Å²) < 4.78 is 7.87. The summed E-state index contributed by atoms with van der Waals surface area (Å²) in [6.45, 7) is 1.95. The van der Waals surface area contributed by atoms with Gasteiger partial charge in [-0.05, 0) is 44.0 Å². The molecule has 1 fully saturated rings. The van der Waals surface area contributed by atoms with Crippen LogP contribution in [0.1, 0.15) is 36.0 Å². The highest BCUT2D eigenvalue weighted by Crippen LogP contribution is 2.41. The second-order valence-electron chi connectivity index (χ2n) is 6.63. The molecule has 27 heavy (non-hydrogen) atoms. The first-order valence-corrected chi connectivity index (χ1v) is 10.8. The number of thiazole rings is 1. The number of para-hydroxylation sites is 1. The maximum atomic E-state index is 5.67. The van der Waals surface area contributed by atoms with Crippen molar-refractivity contribution in [3.8, 4) is 16.5 Å². The molecule has 1 saturated carbocycles. The Morgan fingerprint density at radius 3 is 2.74 bits per heavy atom. The first-order valence-electron chi connectivity index (χ1n) is 8.92. The minimum absolute atomic E-state index is 0.542. The Morgan fingerprint density at radius 1 is 1.15 bits per heavy atom. The van der Waals surface area contributed by atoms with E-state index in [0.717, 1.165) is 44.6 Å². The fraction of sp³-hybridized carbons (Fsp3) is 0.250. The van der Waals surface area contributed by atoms with Crippen molar-refractivity contribution in [2.45, 2.75) is 36.6 Å². The number of benzene rings is 1. The summed E-state index contributed by atoms with van der Waals surface area (Å²) in [7, 11) is 0. The lowest BCUT2D eigenvalue weighted by Crippen LogP contribution is -2.01. The lowest BCUT2D eigenvalue weighted by Gasteiger charge is -2.09. The van der Waals surface area contributed by atoms with E-state index in [-0.39, 0.29) is 0 Å². The zero-order valence-corrected chi connectivity index (χ0v) is 16.5. The molecule has 0 saturated heterocycles. The van der Waals surface area contributed by atoms with Gasteiger partial charge in [0.25, 0.3) is 0 Å². The van der Waals surface area contributed by atoms with E-state index in [1.165, 1.54) is 12.8 Å². The van der Waals surface area contributed by atoms with Crippen LogP contribution < -0.4 is 0 Å². The molecule has 0 aliphatic heterocycles. The summed E-state index contributed by atoms with van der Waals surface area (Å²) >= 11 is 3.29. The number of hydrogen-bond donors (Lipinski definition) is 0. The van der Waals surface area contributed by atoms with Crippen LogP contribution in [0.3, 0.4) is 0 Å². The molecule has 0 radical (unpaired) electrons. The third-order valence-electron chi connectivity index (χ3n) is 4.47.